The lowest BCUT2D eigenvalue weighted by atomic mass is 10.1. The van der Waals surface area contributed by atoms with Crippen LogP contribution in [0.25, 0.3) is 45.1 Å². The Kier molecular flexibility index (Phi) is 4.35. The highest BCUT2D eigenvalue weighted by atomic mass is 16.4. The van der Waals surface area contributed by atoms with Crippen LogP contribution < -0.4 is 0 Å². The van der Waals surface area contributed by atoms with Gasteiger partial charge < -0.3 is 13.3 Å². The minimum Gasteiger partial charge on any atom is -0.452 e. The Balaban J connectivity index is 0.000000319. The largest absolute Gasteiger partial charge is 0.452 e. The molecule has 0 aliphatic rings. The third-order valence-electron chi connectivity index (χ3n) is 4.32. The molecular formula is C23H15N3O3. The lowest BCUT2D eigenvalue weighted by Gasteiger charge is -2.01. The lowest BCUT2D eigenvalue weighted by molar-refractivity contribution is 0.558. The van der Waals surface area contributed by atoms with Gasteiger partial charge in [-0.1, -0.05) is 36.4 Å². The van der Waals surface area contributed by atoms with Crippen LogP contribution in [0, 0.1) is 0 Å². The van der Waals surface area contributed by atoms with Crippen LogP contribution in [0.4, 0.5) is 0 Å². The molecule has 0 saturated carbocycles. The summed E-state index contributed by atoms with van der Waals surface area (Å²) in [6.45, 7) is 0. The van der Waals surface area contributed by atoms with E-state index in [2.05, 4.69) is 19.4 Å². The van der Waals surface area contributed by atoms with Gasteiger partial charge >= 0.3 is 0 Å². The average Bonchev–Trinajstić information content (AvgIpc) is 3.54. The molecule has 3 heterocycles. The molecule has 0 radical (unpaired) electrons. The van der Waals surface area contributed by atoms with Crippen LogP contribution in [0.5, 0.6) is 0 Å². The predicted octanol–water partition coefficient (Wildman–Crippen LogP) is 5.98. The second kappa shape index (κ2) is 7.44. The molecule has 0 amide bonds. The van der Waals surface area contributed by atoms with Crippen molar-refractivity contribution in [3.05, 3.63) is 91.7 Å². The van der Waals surface area contributed by atoms with Gasteiger partial charge in [-0.15, -0.1) is 0 Å². The first-order valence-corrected chi connectivity index (χ1v) is 9.01. The highest BCUT2D eigenvalue weighted by Crippen LogP contribution is 2.34. The van der Waals surface area contributed by atoms with E-state index in [-0.39, 0.29) is 0 Å². The number of hydrogen-bond donors (Lipinski definition) is 0. The highest BCUT2D eigenvalue weighted by Gasteiger charge is 2.17. The zero-order chi connectivity index (χ0) is 19.5. The van der Waals surface area contributed by atoms with Gasteiger partial charge in [-0.25, -0.2) is 15.0 Å². The monoisotopic (exact) mass is 381 g/mol. The summed E-state index contributed by atoms with van der Waals surface area (Å²) in [5, 5.41) is 0. The fourth-order valence-electron chi connectivity index (χ4n) is 3.01. The molecule has 6 heteroatoms. The summed E-state index contributed by atoms with van der Waals surface area (Å²) in [6, 6.07) is 23.3. The summed E-state index contributed by atoms with van der Waals surface area (Å²) >= 11 is 0. The maximum Gasteiger partial charge on any atom is 0.228 e. The molecular weight excluding hydrogens is 366 g/mol. The molecule has 3 aromatic heterocycles. The van der Waals surface area contributed by atoms with Gasteiger partial charge in [-0.2, -0.15) is 0 Å². The van der Waals surface area contributed by atoms with E-state index in [1.54, 1.807) is 6.20 Å². The van der Waals surface area contributed by atoms with E-state index in [0.29, 0.717) is 11.8 Å². The summed E-state index contributed by atoms with van der Waals surface area (Å²) in [4.78, 5) is 12.7. The summed E-state index contributed by atoms with van der Waals surface area (Å²) in [5.41, 5.74) is 4.92. The molecule has 0 aliphatic heterocycles. The van der Waals surface area contributed by atoms with Crippen LogP contribution in [0.15, 0.2) is 105 Å². The van der Waals surface area contributed by atoms with Crippen LogP contribution in [0.2, 0.25) is 0 Å². The third-order valence-corrected chi connectivity index (χ3v) is 4.32. The van der Waals surface area contributed by atoms with E-state index in [1.165, 1.54) is 12.7 Å². The normalized spacial score (nSPS) is 10.8. The molecule has 29 heavy (non-hydrogen) atoms. The molecule has 6 aromatic rings. The zero-order valence-electron chi connectivity index (χ0n) is 15.2. The Morgan fingerprint density at radius 2 is 1.10 bits per heavy atom. The Labute approximate surface area is 165 Å². The minimum absolute atomic E-state index is 0.564. The van der Waals surface area contributed by atoms with Gasteiger partial charge in [0.1, 0.15) is 17.3 Å². The number of benzene rings is 3. The van der Waals surface area contributed by atoms with Crippen molar-refractivity contribution in [1.29, 1.82) is 0 Å². The third kappa shape index (κ3) is 3.39. The van der Waals surface area contributed by atoms with Gasteiger partial charge in [0.25, 0.3) is 0 Å². The molecule has 0 N–H and O–H groups in total. The fourth-order valence-corrected chi connectivity index (χ4v) is 3.01. The van der Waals surface area contributed by atoms with Crippen molar-refractivity contribution < 1.29 is 13.3 Å². The molecule has 0 saturated heterocycles. The maximum absolute atomic E-state index is 5.91. The Bertz CT molecular complexity index is 1190. The standard InChI is InChI=1S/C20H12N2O2.C3H3NO/c1-2-8-14(20-22-16-10-4-6-12-18(16)24-20)13(7-1)19-21-15-9-3-5-11-17(15)23-19;1-2-5-3-4-1/h1-12H;1-3H. The van der Waals surface area contributed by atoms with E-state index in [0.717, 1.165) is 33.3 Å². The van der Waals surface area contributed by atoms with E-state index in [4.69, 9.17) is 8.83 Å². The van der Waals surface area contributed by atoms with Crippen LogP contribution in [0.3, 0.4) is 0 Å². The molecule has 0 aliphatic carbocycles. The number of hydrogen-bond acceptors (Lipinski definition) is 6. The topological polar surface area (TPSA) is 78.1 Å². The highest BCUT2D eigenvalue weighted by molar-refractivity contribution is 5.83. The van der Waals surface area contributed by atoms with Gasteiger partial charge in [-0.05, 0) is 36.4 Å². The van der Waals surface area contributed by atoms with E-state index >= 15 is 0 Å². The van der Waals surface area contributed by atoms with E-state index < -0.39 is 0 Å². The summed E-state index contributed by atoms with van der Waals surface area (Å²) in [5.74, 6) is 1.13. The summed E-state index contributed by atoms with van der Waals surface area (Å²) in [6.07, 6.45) is 4.47. The predicted molar refractivity (Wildman–Crippen MR) is 109 cm³/mol. The Morgan fingerprint density at radius 1 is 0.586 bits per heavy atom. The average molecular weight is 381 g/mol. The molecule has 140 valence electrons. The zero-order valence-corrected chi connectivity index (χ0v) is 15.2. The van der Waals surface area contributed by atoms with E-state index in [9.17, 15) is 0 Å². The van der Waals surface area contributed by atoms with Crippen molar-refractivity contribution >= 4 is 22.2 Å². The van der Waals surface area contributed by atoms with Gasteiger partial charge in [0, 0.05) is 11.1 Å². The molecule has 3 aromatic carbocycles. The van der Waals surface area contributed by atoms with Crippen LogP contribution in [-0.2, 0) is 0 Å². The van der Waals surface area contributed by atoms with Crippen molar-refractivity contribution in [1.82, 2.24) is 15.0 Å². The number of para-hydroxylation sites is 4. The smallest absolute Gasteiger partial charge is 0.228 e. The van der Waals surface area contributed by atoms with Crippen LogP contribution >= 0.6 is 0 Å². The quantitative estimate of drug-likeness (QED) is 0.367. The van der Waals surface area contributed by atoms with E-state index in [1.807, 2.05) is 72.8 Å². The lowest BCUT2D eigenvalue weighted by Crippen LogP contribution is -1.84. The Morgan fingerprint density at radius 3 is 1.52 bits per heavy atom. The van der Waals surface area contributed by atoms with Crippen molar-refractivity contribution in [2.45, 2.75) is 0 Å². The van der Waals surface area contributed by atoms with Gasteiger partial charge in [0.05, 0.1) is 6.20 Å². The SMILES string of the molecule is c1ccc(-c2nc3ccccc3o2)c(-c2nc3ccccc3o2)c1.c1cocn1. The van der Waals surface area contributed by atoms with Crippen molar-refractivity contribution in [2.75, 3.05) is 0 Å². The van der Waals surface area contributed by atoms with Crippen molar-refractivity contribution in [3.63, 3.8) is 0 Å². The Hall–Kier alpha value is -4.19. The first-order chi connectivity index (χ1) is 14.4. The molecule has 0 atom stereocenters. The number of rotatable bonds is 2. The molecule has 0 fully saturated rings. The van der Waals surface area contributed by atoms with Crippen molar-refractivity contribution in [2.24, 2.45) is 0 Å². The summed E-state index contributed by atoms with van der Waals surface area (Å²) < 4.78 is 16.3. The summed E-state index contributed by atoms with van der Waals surface area (Å²) in [7, 11) is 0. The van der Waals surface area contributed by atoms with Crippen LogP contribution in [0.1, 0.15) is 0 Å². The van der Waals surface area contributed by atoms with Gasteiger partial charge in [-0.3, -0.25) is 0 Å². The van der Waals surface area contributed by atoms with Crippen molar-refractivity contribution in [3.8, 4) is 22.9 Å². The fraction of sp³-hybridized carbons (Fsp3) is 0. The second-order valence-electron chi connectivity index (χ2n) is 6.19. The van der Waals surface area contributed by atoms with Gasteiger partial charge in [0.2, 0.25) is 11.8 Å². The molecule has 0 spiro atoms. The maximum atomic E-state index is 5.91. The molecule has 0 bridgehead atoms. The van der Waals surface area contributed by atoms with Crippen LogP contribution in [-0.4, -0.2) is 15.0 Å². The molecule has 0 unspecified atom stereocenters. The van der Waals surface area contributed by atoms with Gasteiger partial charge in [0.15, 0.2) is 17.6 Å². The number of nitrogens with zero attached hydrogens (tertiary/aromatic N) is 3. The minimum atomic E-state index is 0.564. The first-order valence-electron chi connectivity index (χ1n) is 9.01. The number of fused-ring (bicyclic) bond motifs is 2. The first kappa shape index (κ1) is 16.9. The molecule has 6 nitrogen and oxygen atoms in total. The number of oxazole rings is 3. The second-order valence-corrected chi connectivity index (χ2v) is 6.19. The molecule has 6 rings (SSSR count). The number of aromatic nitrogens is 3.